The summed E-state index contributed by atoms with van der Waals surface area (Å²) in [5.74, 6) is -2.28. The number of halogens is 2. The van der Waals surface area contributed by atoms with E-state index in [0.717, 1.165) is 10.5 Å². The van der Waals surface area contributed by atoms with E-state index < -0.39 is 23.5 Å². The van der Waals surface area contributed by atoms with Crippen molar-refractivity contribution in [2.75, 3.05) is 12.0 Å². The van der Waals surface area contributed by atoms with Gasteiger partial charge in [-0.1, -0.05) is 29.3 Å². The molecule has 1 amide bonds. The van der Waals surface area contributed by atoms with Crippen LogP contribution in [0.1, 0.15) is 22.0 Å². The molecule has 1 atom stereocenters. The van der Waals surface area contributed by atoms with Crippen molar-refractivity contribution < 1.29 is 24.5 Å². The Morgan fingerprint density at radius 2 is 1.91 bits per heavy atom. The number of aryl methyl sites for hydroxylation is 1. The van der Waals surface area contributed by atoms with Crippen LogP contribution in [0, 0.1) is 6.92 Å². The molecule has 3 aromatic rings. The normalized spacial score (nSPS) is 17.8. The lowest BCUT2D eigenvalue weighted by atomic mass is 9.98. The molecule has 4 rings (SSSR count). The predicted octanol–water partition coefficient (Wildman–Crippen LogP) is 5.70. The Morgan fingerprint density at radius 1 is 1.16 bits per heavy atom. The van der Waals surface area contributed by atoms with Crippen molar-refractivity contribution in [3.63, 3.8) is 0 Å². The number of carbonyl (C=O) groups excluding carboxylic acids is 2. The molecule has 2 aromatic carbocycles. The monoisotopic (exact) mass is 489 g/mol. The number of hydrogen-bond acceptors (Lipinski definition) is 6. The van der Waals surface area contributed by atoms with Gasteiger partial charge in [-0.25, -0.2) is 0 Å². The number of ketones is 1. The second kappa shape index (κ2) is 8.50. The highest BCUT2D eigenvalue weighted by Crippen LogP contribution is 2.47. The molecular weight excluding hydrogens is 473 g/mol. The van der Waals surface area contributed by atoms with E-state index in [0.29, 0.717) is 4.88 Å². The predicted molar refractivity (Wildman–Crippen MR) is 125 cm³/mol. The van der Waals surface area contributed by atoms with Gasteiger partial charge in [-0.15, -0.1) is 11.3 Å². The molecule has 2 N–H and O–H groups in total. The van der Waals surface area contributed by atoms with E-state index >= 15 is 0 Å². The minimum atomic E-state index is -0.983. The number of aliphatic hydroxyl groups excluding tert-OH is 1. The molecule has 164 valence electrons. The maximum Gasteiger partial charge on any atom is 0.300 e. The zero-order valence-electron chi connectivity index (χ0n) is 16.9. The largest absolute Gasteiger partial charge is 0.507 e. The first-order valence-corrected chi connectivity index (χ1v) is 11.1. The number of anilines is 1. The number of aliphatic hydroxyl groups is 1. The number of phenolic OH excluding ortho intramolecular Hbond substituents is 1. The first-order chi connectivity index (χ1) is 15.2. The van der Waals surface area contributed by atoms with Gasteiger partial charge in [0, 0.05) is 9.90 Å². The Labute approximate surface area is 197 Å². The van der Waals surface area contributed by atoms with E-state index in [1.165, 1.54) is 36.6 Å². The first kappa shape index (κ1) is 22.2. The summed E-state index contributed by atoms with van der Waals surface area (Å²) in [5, 5.41) is 24.0. The van der Waals surface area contributed by atoms with Crippen molar-refractivity contribution in [3.8, 4) is 11.5 Å². The van der Waals surface area contributed by atoms with Gasteiger partial charge in [0.1, 0.15) is 23.3 Å². The molecule has 9 heteroatoms. The third-order valence-electron chi connectivity index (χ3n) is 5.10. The Bertz CT molecular complexity index is 1270. The summed E-state index contributed by atoms with van der Waals surface area (Å²) in [6, 6.07) is 10.0. The minimum absolute atomic E-state index is 0.0614. The van der Waals surface area contributed by atoms with E-state index in [1.54, 1.807) is 36.6 Å². The maximum atomic E-state index is 13.2. The lowest BCUT2D eigenvalue weighted by molar-refractivity contribution is -0.132. The number of rotatable bonds is 4. The van der Waals surface area contributed by atoms with Gasteiger partial charge in [-0.05, 0) is 54.3 Å². The van der Waals surface area contributed by atoms with Crippen molar-refractivity contribution >= 4 is 57.7 Å². The number of phenols is 1. The van der Waals surface area contributed by atoms with E-state index in [9.17, 15) is 19.8 Å². The lowest BCUT2D eigenvalue weighted by Crippen LogP contribution is -2.29. The van der Waals surface area contributed by atoms with Crippen LogP contribution in [-0.4, -0.2) is 29.0 Å². The molecule has 0 saturated carbocycles. The molecule has 1 aromatic heterocycles. The van der Waals surface area contributed by atoms with E-state index in [1.807, 2.05) is 0 Å². The number of amides is 1. The van der Waals surface area contributed by atoms with E-state index in [2.05, 4.69) is 0 Å². The minimum Gasteiger partial charge on any atom is -0.507 e. The molecule has 32 heavy (non-hydrogen) atoms. The number of carbonyl (C=O) groups is 2. The van der Waals surface area contributed by atoms with Crippen LogP contribution in [0.3, 0.4) is 0 Å². The van der Waals surface area contributed by atoms with Crippen molar-refractivity contribution in [3.05, 3.63) is 79.5 Å². The van der Waals surface area contributed by atoms with Gasteiger partial charge in [0.25, 0.3) is 11.7 Å². The van der Waals surface area contributed by atoms with Gasteiger partial charge >= 0.3 is 0 Å². The summed E-state index contributed by atoms with van der Waals surface area (Å²) >= 11 is 13.7. The quantitative estimate of drug-likeness (QED) is 0.278. The fourth-order valence-corrected chi connectivity index (χ4v) is 5.08. The van der Waals surface area contributed by atoms with Gasteiger partial charge in [-0.2, -0.15) is 0 Å². The summed E-state index contributed by atoms with van der Waals surface area (Å²) in [4.78, 5) is 28.1. The van der Waals surface area contributed by atoms with Crippen LogP contribution in [0.2, 0.25) is 10.0 Å². The zero-order chi connectivity index (χ0) is 23.2. The molecule has 0 radical (unpaired) electrons. The lowest BCUT2D eigenvalue weighted by Gasteiger charge is -2.25. The SMILES string of the molecule is COc1c(Cl)cc(C)cc1/C(O)=C1/C(=O)C(=O)N(c2cc(Cl)ccc2O)C1c1cccs1. The molecule has 1 fully saturated rings. The molecule has 0 bridgehead atoms. The van der Waals surface area contributed by atoms with Gasteiger partial charge < -0.3 is 14.9 Å². The van der Waals surface area contributed by atoms with Crippen molar-refractivity contribution in [1.82, 2.24) is 0 Å². The van der Waals surface area contributed by atoms with Gasteiger partial charge in [0.15, 0.2) is 0 Å². The Balaban J connectivity index is 2.01. The standard InChI is InChI=1S/C23H17Cl2NO5S/c1-11-8-13(22(31-2)14(25)9-11)20(28)18-19(17-4-3-7-32-17)26(23(30)21(18)29)15-10-12(24)5-6-16(15)27/h3-10,19,27-28H,1-2H3/b20-18-. The average Bonchev–Trinajstić information content (AvgIpc) is 3.36. The number of hydrogen-bond donors (Lipinski definition) is 2. The highest BCUT2D eigenvalue weighted by Gasteiger charge is 2.48. The van der Waals surface area contributed by atoms with Gasteiger partial charge in [-0.3, -0.25) is 14.5 Å². The fraction of sp³-hybridized carbons (Fsp3) is 0.130. The van der Waals surface area contributed by atoms with E-state index in [-0.39, 0.29) is 38.4 Å². The van der Waals surface area contributed by atoms with Crippen molar-refractivity contribution in [2.24, 2.45) is 0 Å². The summed E-state index contributed by atoms with van der Waals surface area (Å²) in [5.41, 5.74) is 0.835. The van der Waals surface area contributed by atoms with Crippen molar-refractivity contribution in [1.29, 1.82) is 0 Å². The molecule has 0 aliphatic carbocycles. The van der Waals surface area contributed by atoms with E-state index in [4.69, 9.17) is 27.9 Å². The highest BCUT2D eigenvalue weighted by atomic mass is 35.5. The molecule has 1 unspecified atom stereocenters. The second-order valence-corrected chi connectivity index (χ2v) is 8.97. The average molecular weight is 490 g/mol. The summed E-state index contributed by atoms with van der Waals surface area (Å²) in [6.07, 6.45) is 0. The molecule has 0 spiro atoms. The molecular formula is C23H17Cl2NO5S. The van der Waals surface area contributed by atoms with Crippen LogP contribution in [0.4, 0.5) is 5.69 Å². The number of methoxy groups -OCH3 is 1. The fourth-order valence-electron chi connectivity index (χ4n) is 3.74. The number of thiophene rings is 1. The Kier molecular flexibility index (Phi) is 5.90. The van der Waals surface area contributed by atoms with Crippen LogP contribution in [0.15, 0.2) is 53.4 Å². The summed E-state index contributed by atoms with van der Waals surface area (Å²) in [6.45, 7) is 1.78. The number of nitrogens with zero attached hydrogens (tertiary/aromatic N) is 1. The molecule has 1 saturated heterocycles. The molecule has 1 aliphatic heterocycles. The number of benzene rings is 2. The summed E-state index contributed by atoms with van der Waals surface area (Å²) < 4.78 is 5.36. The van der Waals surface area contributed by atoms with Crippen LogP contribution < -0.4 is 9.64 Å². The van der Waals surface area contributed by atoms with Crippen LogP contribution in [0.25, 0.3) is 5.76 Å². The van der Waals surface area contributed by atoms with Crippen LogP contribution in [0.5, 0.6) is 11.5 Å². The molecule has 2 heterocycles. The number of Topliss-reactive ketones (excluding diaryl/α,β-unsaturated/α-hetero) is 1. The first-order valence-electron chi connectivity index (χ1n) is 9.42. The van der Waals surface area contributed by atoms with Crippen LogP contribution >= 0.6 is 34.5 Å². The summed E-state index contributed by atoms with van der Waals surface area (Å²) in [7, 11) is 1.40. The van der Waals surface area contributed by atoms with Gasteiger partial charge in [0.05, 0.1) is 29.0 Å². The maximum absolute atomic E-state index is 13.2. The third kappa shape index (κ3) is 3.62. The topological polar surface area (TPSA) is 87.1 Å². The number of aromatic hydroxyl groups is 1. The Morgan fingerprint density at radius 3 is 2.56 bits per heavy atom. The molecule has 1 aliphatic rings. The van der Waals surface area contributed by atoms with Gasteiger partial charge in [0.2, 0.25) is 0 Å². The number of ether oxygens (including phenoxy) is 1. The smallest absolute Gasteiger partial charge is 0.300 e. The molecule has 6 nitrogen and oxygen atoms in total. The zero-order valence-corrected chi connectivity index (χ0v) is 19.3. The highest BCUT2D eigenvalue weighted by molar-refractivity contribution is 7.10. The Hall–Kier alpha value is -3.00. The second-order valence-electron chi connectivity index (χ2n) is 7.15. The van der Waals surface area contributed by atoms with Crippen LogP contribution in [-0.2, 0) is 9.59 Å². The van der Waals surface area contributed by atoms with Crippen molar-refractivity contribution in [2.45, 2.75) is 13.0 Å². The third-order valence-corrected chi connectivity index (χ3v) is 6.54.